The lowest BCUT2D eigenvalue weighted by molar-refractivity contribution is 0.548. The van der Waals surface area contributed by atoms with Crippen LogP contribution in [0.2, 0.25) is 5.02 Å². The standard InChI is InChI=1S/C14H16BrClN2S/c1-3-17-13(7-14-18-9(2)8-19-14)10-4-5-11(15)12(16)6-10/h4-6,8,13,17H,3,7H2,1-2H3. The maximum absolute atomic E-state index is 6.18. The average Bonchev–Trinajstić information content (AvgIpc) is 2.78. The molecule has 102 valence electrons. The zero-order chi connectivity index (χ0) is 13.8. The van der Waals surface area contributed by atoms with Gasteiger partial charge in [0.1, 0.15) is 0 Å². The molecule has 0 bridgehead atoms. The lowest BCUT2D eigenvalue weighted by Crippen LogP contribution is -2.22. The second kappa shape index (κ2) is 6.84. The summed E-state index contributed by atoms with van der Waals surface area (Å²) < 4.78 is 0.929. The van der Waals surface area contributed by atoms with Crippen LogP contribution in [0.3, 0.4) is 0 Å². The van der Waals surface area contributed by atoms with Crippen molar-refractivity contribution < 1.29 is 0 Å². The smallest absolute Gasteiger partial charge is 0.0947 e. The summed E-state index contributed by atoms with van der Waals surface area (Å²) in [7, 11) is 0. The minimum atomic E-state index is 0.251. The minimum Gasteiger partial charge on any atom is -0.310 e. The Labute approximate surface area is 131 Å². The van der Waals surface area contributed by atoms with E-state index in [1.807, 2.05) is 19.1 Å². The number of rotatable bonds is 5. The van der Waals surface area contributed by atoms with Gasteiger partial charge >= 0.3 is 0 Å². The minimum absolute atomic E-state index is 0.251. The molecule has 1 atom stereocenters. The van der Waals surface area contributed by atoms with Crippen molar-refractivity contribution in [2.45, 2.75) is 26.3 Å². The summed E-state index contributed by atoms with van der Waals surface area (Å²) in [6.07, 6.45) is 0.893. The molecule has 1 N–H and O–H groups in total. The molecule has 5 heteroatoms. The number of likely N-dealkylation sites (N-methyl/N-ethyl adjacent to an activating group) is 1. The van der Waals surface area contributed by atoms with Crippen LogP contribution in [-0.4, -0.2) is 11.5 Å². The molecule has 0 aliphatic rings. The van der Waals surface area contributed by atoms with E-state index in [-0.39, 0.29) is 6.04 Å². The normalized spacial score (nSPS) is 12.6. The van der Waals surface area contributed by atoms with Gasteiger partial charge in [-0.15, -0.1) is 11.3 Å². The van der Waals surface area contributed by atoms with Gasteiger partial charge in [0.2, 0.25) is 0 Å². The molecule has 0 saturated carbocycles. The topological polar surface area (TPSA) is 24.9 Å². The van der Waals surface area contributed by atoms with Crippen LogP contribution in [0.25, 0.3) is 0 Å². The zero-order valence-corrected chi connectivity index (χ0v) is 14.1. The number of halogens is 2. The van der Waals surface area contributed by atoms with Gasteiger partial charge in [-0.2, -0.15) is 0 Å². The molecule has 19 heavy (non-hydrogen) atoms. The summed E-state index contributed by atoms with van der Waals surface area (Å²) in [4.78, 5) is 4.53. The van der Waals surface area contributed by atoms with Gasteiger partial charge in [0.15, 0.2) is 0 Å². The zero-order valence-electron chi connectivity index (χ0n) is 10.9. The van der Waals surface area contributed by atoms with Crippen LogP contribution in [0.4, 0.5) is 0 Å². The summed E-state index contributed by atoms with van der Waals surface area (Å²) in [5.41, 5.74) is 2.28. The van der Waals surface area contributed by atoms with E-state index in [0.717, 1.165) is 33.2 Å². The third-order valence-electron chi connectivity index (χ3n) is 2.84. The molecule has 2 nitrogen and oxygen atoms in total. The molecule has 0 radical (unpaired) electrons. The number of benzene rings is 1. The fraction of sp³-hybridized carbons (Fsp3) is 0.357. The predicted octanol–water partition coefficient (Wildman–Crippen LogP) is 4.76. The van der Waals surface area contributed by atoms with Gasteiger partial charge in [-0.1, -0.05) is 24.6 Å². The number of hydrogen-bond donors (Lipinski definition) is 1. The van der Waals surface area contributed by atoms with Gasteiger partial charge in [-0.05, 0) is 47.1 Å². The third-order valence-corrected chi connectivity index (χ3v) is 5.06. The maximum Gasteiger partial charge on any atom is 0.0947 e. The number of nitrogens with one attached hydrogen (secondary N) is 1. The SMILES string of the molecule is CCNC(Cc1nc(C)cs1)c1ccc(Br)c(Cl)c1. The van der Waals surface area contributed by atoms with Crippen molar-refractivity contribution in [3.63, 3.8) is 0 Å². The van der Waals surface area contributed by atoms with Crippen LogP contribution in [0.5, 0.6) is 0 Å². The van der Waals surface area contributed by atoms with Crippen molar-refractivity contribution in [2.75, 3.05) is 6.54 Å². The molecule has 1 aromatic heterocycles. The summed E-state index contributed by atoms with van der Waals surface area (Å²) in [5.74, 6) is 0. The molecular weight excluding hydrogens is 344 g/mol. The van der Waals surface area contributed by atoms with Crippen LogP contribution < -0.4 is 5.32 Å². The summed E-state index contributed by atoms with van der Waals surface area (Å²) >= 11 is 11.3. The quantitative estimate of drug-likeness (QED) is 0.832. The van der Waals surface area contributed by atoms with E-state index in [4.69, 9.17) is 11.6 Å². The van der Waals surface area contributed by atoms with Gasteiger partial charge < -0.3 is 5.32 Å². The maximum atomic E-state index is 6.18. The highest BCUT2D eigenvalue weighted by Gasteiger charge is 2.14. The summed E-state index contributed by atoms with van der Waals surface area (Å²) in [6, 6.07) is 6.36. The molecule has 1 aromatic carbocycles. The lowest BCUT2D eigenvalue weighted by Gasteiger charge is -2.17. The van der Waals surface area contributed by atoms with Crippen molar-refractivity contribution in [1.82, 2.24) is 10.3 Å². The summed E-state index contributed by atoms with van der Waals surface area (Å²) in [6.45, 7) is 5.06. The van der Waals surface area contributed by atoms with Crippen molar-refractivity contribution in [3.05, 3.63) is 49.3 Å². The third kappa shape index (κ3) is 4.02. The molecule has 0 aliphatic carbocycles. The fourth-order valence-corrected chi connectivity index (χ4v) is 3.21. The highest BCUT2D eigenvalue weighted by Crippen LogP contribution is 2.28. The van der Waals surface area contributed by atoms with Crippen LogP contribution in [0, 0.1) is 6.92 Å². The number of hydrogen-bond acceptors (Lipinski definition) is 3. The van der Waals surface area contributed by atoms with Crippen molar-refractivity contribution in [1.29, 1.82) is 0 Å². The van der Waals surface area contributed by atoms with Gasteiger partial charge in [-0.3, -0.25) is 0 Å². The second-order valence-electron chi connectivity index (χ2n) is 4.37. The highest BCUT2D eigenvalue weighted by molar-refractivity contribution is 9.10. The first kappa shape index (κ1) is 15.0. The fourth-order valence-electron chi connectivity index (χ4n) is 1.95. The van der Waals surface area contributed by atoms with Crippen molar-refractivity contribution >= 4 is 38.9 Å². The molecule has 1 heterocycles. The first-order valence-electron chi connectivity index (χ1n) is 6.19. The second-order valence-corrected chi connectivity index (χ2v) is 6.57. The average molecular weight is 360 g/mol. The van der Waals surface area contributed by atoms with Gasteiger partial charge in [0.25, 0.3) is 0 Å². The van der Waals surface area contributed by atoms with E-state index in [0.29, 0.717) is 0 Å². The van der Waals surface area contributed by atoms with Crippen LogP contribution in [-0.2, 0) is 6.42 Å². The molecule has 0 amide bonds. The van der Waals surface area contributed by atoms with E-state index in [2.05, 4.69) is 44.6 Å². The number of aromatic nitrogens is 1. The lowest BCUT2D eigenvalue weighted by atomic mass is 10.0. The molecule has 0 aliphatic heterocycles. The van der Waals surface area contributed by atoms with E-state index >= 15 is 0 Å². The van der Waals surface area contributed by atoms with E-state index in [9.17, 15) is 0 Å². The van der Waals surface area contributed by atoms with Crippen molar-refractivity contribution in [3.8, 4) is 0 Å². The Balaban J connectivity index is 2.21. The van der Waals surface area contributed by atoms with E-state index in [1.165, 1.54) is 5.56 Å². The predicted molar refractivity (Wildman–Crippen MR) is 86.1 cm³/mol. The number of aryl methyl sites for hydroxylation is 1. The first-order chi connectivity index (χ1) is 9.10. The largest absolute Gasteiger partial charge is 0.310 e. The number of thiazole rings is 1. The van der Waals surface area contributed by atoms with Gasteiger partial charge in [0, 0.05) is 28.0 Å². The van der Waals surface area contributed by atoms with Crippen LogP contribution >= 0.6 is 38.9 Å². The Bertz CT molecular complexity index is 556. The molecular formula is C14H16BrClN2S. The van der Waals surface area contributed by atoms with E-state index in [1.54, 1.807) is 11.3 Å². The molecule has 2 aromatic rings. The Kier molecular flexibility index (Phi) is 5.39. The Hall–Kier alpha value is -0.420. The summed E-state index contributed by atoms with van der Waals surface area (Å²) in [5, 5.41) is 7.49. The molecule has 1 unspecified atom stereocenters. The molecule has 0 saturated heterocycles. The monoisotopic (exact) mass is 358 g/mol. The van der Waals surface area contributed by atoms with Crippen LogP contribution in [0.15, 0.2) is 28.1 Å². The number of nitrogens with zero attached hydrogens (tertiary/aromatic N) is 1. The Morgan fingerprint density at radius 2 is 2.26 bits per heavy atom. The Morgan fingerprint density at radius 1 is 1.47 bits per heavy atom. The van der Waals surface area contributed by atoms with Crippen molar-refractivity contribution in [2.24, 2.45) is 0 Å². The molecule has 2 rings (SSSR count). The highest BCUT2D eigenvalue weighted by atomic mass is 79.9. The molecule has 0 fully saturated rings. The van der Waals surface area contributed by atoms with Crippen LogP contribution in [0.1, 0.15) is 29.2 Å². The Morgan fingerprint density at radius 3 is 2.84 bits per heavy atom. The van der Waals surface area contributed by atoms with E-state index < -0.39 is 0 Å². The first-order valence-corrected chi connectivity index (χ1v) is 8.24. The molecule has 0 spiro atoms. The van der Waals surface area contributed by atoms with Gasteiger partial charge in [-0.25, -0.2) is 4.98 Å². The van der Waals surface area contributed by atoms with Gasteiger partial charge in [0.05, 0.1) is 10.0 Å².